The first kappa shape index (κ1) is 12.8. The monoisotopic (exact) mass is 225 g/mol. The average Bonchev–Trinajstić information content (AvgIpc) is 2.28. The lowest BCUT2D eigenvalue weighted by molar-refractivity contribution is 0.151. The van der Waals surface area contributed by atoms with Crippen LogP contribution in [0.2, 0.25) is 0 Å². The topological polar surface area (TPSA) is 12.0 Å². The van der Waals surface area contributed by atoms with Gasteiger partial charge >= 0.3 is 0 Å². The van der Waals surface area contributed by atoms with Crippen LogP contribution in [-0.2, 0) is 0 Å². The first-order chi connectivity index (χ1) is 7.54. The summed E-state index contributed by atoms with van der Waals surface area (Å²) in [6.07, 6.45) is -0.483. The van der Waals surface area contributed by atoms with Crippen molar-refractivity contribution in [1.82, 2.24) is 5.32 Å². The highest BCUT2D eigenvalue weighted by molar-refractivity contribution is 5.54. The molecule has 88 valence electrons. The highest BCUT2D eigenvalue weighted by Gasteiger charge is 2.06. The van der Waals surface area contributed by atoms with Crippen LogP contribution in [0.25, 0.3) is 6.08 Å². The normalized spacial score (nSPS) is 14.2. The Morgan fingerprint density at radius 2 is 2.06 bits per heavy atom. The van der Waals surface area contributed by atoms with E-state index in [1.54, 1.807) is 6.07 Å². The minimum Gasteiger partial charge on any atom is -0.314 e. The smallest absolute Gasteiger partial charge is 0.263 e. The van der Waals surface area contributed by atoms with Gasteiger partial charge in [0.25, 0.3) is 6.43 Å². The SMILES string of the molecule is CNC(C)/C(C)=C/c1cccc(C(F)F)c1. The third kappa shape index (κ3) is 3.42. The summed E-state index contributed by atoms with van der Waals surface area (Å²) in [4.78, 5) is 0. The Morgan fingerprint density at radius 3 is 2.62 bits per heavy atom. The second-order valence-electron chi connectivity index (χ2n) is 3.87. The lowest BCUT2D eigenvalue weighted by Gasteiger charge is -2.10. The number of nitrogens with one attached hydrogen (secondary N) is 1. The Morgan fingerprint density at radius 1 is 1.38 bits per heavy atom. The Kier molecular flexibility index (Phi) is 4.62. The van der Waals surface area contributed by atoms with Gasteiger partial charge in [-0.15, -0.1) is 0 Å². The number of hydrogen-bond donors (Lipinski definition) is 1. The Bertz CT molecular complexity index is 372. The van der Waals surface area contributed by atoms with Crippen LogP contribution >= 0.6 is 0 Å². The van der Waals surface area contributed by atoms with Crippen molar-refractivity contribution in [3.63, 3.8) is 0 Å². The number of likely N-dealkylation sites (N-methyl/N-ethyl adjacent to an activating group) is 1. The van der Waals surface area contributed by atoms with E-state index in [1.165, 1.54) is 12.1 Å². The van der Waals surface area contributed by atoms with Crippen molar-refractivity contribution >= 4 is 6.08 Å². The maximum absolute atomic E-state index is 12.5. The van der Waals surface area contributed by atoms with Crippen LogP contribution in [0.15, 0.2) is 29.8 Å². The Labute approximate surface area is 95.2 Å². The van der Waals surface area contributed by atoms with E-state index in [1.807, 2.05) is 33.0 Å². The van der Waals surface area contributed by atoms with Crippen LogP contribution in [0, 0.1) is 0 Å². The van der Waals surface area contributed by atoms with Crippen molar-refractivity contribution in [2.75, 3.05) is 7.05 Å². The molecule has 1 rings (SSSR count). The van der Waals surface area contributed by atoms with Gasteiger partial charge in [0.15, 0.2) is 0 Å². The average molecular weight is 225 g/mol. The molecule has 1 aromatic rings. The molecule has 0 radical (unpaired) electrons. The molecular formula is C13H17F2N. The molecule has 3 heteroatoms. The van der Waals surface area contributed by atoms with E-state index in [0.29, 0.717) is 0 Å². The standard InChI is InChI=1S/C13H17F2N/c1-9(10(2)16-3)7-11-5-4-6-12(8-11)13(14)15/h4-8,10,13,16H,1-3H3/b9-7+. The van der Waals surface area contributed by atoms with Gasteiger partial charge in [0.2, 0.25) is 0 Å². The van der Waals surface area contributed by atoms with Crippen molar-refractivity contribution < 1.29 is 8.78 Å². The zero-order valence-corrected chi connectivity index (χ0v) is 9.80. The molecule has 16 heavy (non-hydrogen) atoms. The minimum atomic E-state index is -2.41. The van der Waals surface area contributed by atoms with Gasteiger partial charge in [0.1, 0.15) is 0 Å². The summed E-state index contributed by atoms with van der Waals surface area (Å²) in [6.45, 7) is 4.01. The van der Waals surface area contributed by atoms with Gasteiger partial charge < -0.3 is 5.32 Å². The highest BCUT2D eigenvalue weighted by atomic mass is 19.3. The predicted octanol–water partition coefficient (Wildman–Crippen LogP) is 3.64. The molecule has 1 nitrogen and oxygen atoms in total. The lowest BCUT2D eigenvalue weighted by atomic mass is 10.0. The minimum absolute atomic E-state index is 0.0682. The summed E-state index contributed by atoms with van der Waals surface area (Å²) in [5.74, 6) is 0. The predicted molar refractivity (Wildman–Crippen MR) is 63.6 cm³/mol. The first-order valence-electron chi connectivity index (χ1n) is 5.28. The molecule has 1 atom stereocenters. The fraction of sp³-hybridized carbons (Fsp3) is 0.385. The van der Waals surface area contributed by atoms with Gasteiger partial charge in [-0.1, -0.05) is 29.8 Å². The largest absolute Gasteiger partial charge is 0.314 e. The maximum Gasteiger partial charge on any atom is 0.263 e. The van der Waals surface area contributed by atoms with Crippen LogP contribution in [0.4, 0.5) is 8.78 Å². The van der Waals surface area contributed by atoms with Crippen LogP contribution in [0.1, 0.15) is 31.4 Å². The van der Waals surface area contributed by atoms with E-state index in [4.69, 9.17) is 0 Å². The molecule has 0 aromatic heterocycles. The summed E-state index contributed by atoms with van der Waals surface area (Å²) in [6, 6.07) is 6.70. The Balaban J connectivity index is 2.93. The van der Waals surface area contributed by atoms with Crippen molar-refractivity contribution in [3.8, 4) is 0 Å². The van der Waals surface area contributed by atoms with Crippen LogP contribution < -0.4 is 5.32 Å². The van der Waals surface area contributed by atoms with Crippen molar-refractivity contribution in [2.45, 2.75) is 26.3 Å². The van der Waals surface area contributed by atoms with Gasteiger partial charge in [-0.2, -0.15) is 0 Å². The molecule has 0 bridgehead atoms. The van der Waals surface area contributed by atoms with Crippen molar-refractivity contribution in [2.24, 2.45) is 0 Å². The number of alkyl halides is 2. The molecule has 0 saturated carbocycles. The molecule has 0 spiro atoms. The molecule has 0 aliphatic rings. The fourth-order valence-corrected chi connectivity index (χ4v) is 1.40. The van der Waals surface area contributed by atoms with Crippen molar-refractivity contribution in [1.29, 1.82) is 0 Å². The molecule has 0 saturated heterocycles. The number of benzene rings is 1. The Hall–Kier alpha value is -1.22. The maximum atomic E-state index is 12.5. The van der Waals surface area contributed by atoms with E-state index >= 15 is 0 Å². The molecule has 1 aromatic carbocycles. The quantitative estimate of drug-likeness (QED) is 0.825. The number of rotatable bonds is 4. The van der Waals surface area contributed by atoms with Gasteiger partial charge in [-0.3, -0.25) is 0 Å². The summed E-state index contributed by atoms with van der Waals surface area (Å²) >= 11 is 0. The molecule has 1 unspecified atom stereocenters. The van der Waals surface area contributed by atoms with E-state index in [-0.39, 0.29) is 11.6 Å². The summed E-state index contributed by atoms with van der Waals surface area (Å²) in [5, 5.41) is 3.11. The van der Waals surface area contributed by atoms with E-state index in [2.05, 4.69) is 5.32 Å². The second kappa shape index (κ2) is 5.75. The molecule has 1 N–H and O–H groups in total. The van der Waals surface area contributed by atoms with Crippen molar-refractivity contribution in [3.05, 3.63) is 41.0 Å². The first-order valence-corrected chi connectivity index (χ1v) is 5.28. The highest BCUT2D eigenvalue weighted by Crippen LogP contribution is 2.20. The number of halogens is 2. The molecule has 0 aliphatic heterocycles. The summed E-state index contributed by atoms with van der Waals surface area (Å²) in [5.41, 5.74) is 2.00. The van der Waals surface area contributed by atoms with E-state index < -0.39 is 6.43 Å². The molecule has 0 amide bonds. The van der Waals surface area contributed by atoms with Gasteiger partial charge in [-0.25, -0.2) is 8.78 Å². The number of hydrogen-bond acceptors (Lipinski definition) is 1. The van der Waals surface area contributed by atoms with Gasteiger partial charge in [0, 0.05) is 11.6 Å². The van der Waals surface area contributed by atoms with Gasteiger partial charge in [0.05, 0.1) is 0 Å². The second-order valence-corrected chi connectivity index (χ2v) is 3.87. The third-order valence-electron chi connectivity index (χ3n) is 2.67. The zero-order valence-electron chi connectivity index (χ0n) is 9.80. The lowest BCUT2D eigenvalue weighted by Crippen LogP contribution is -2.21. The van der Waals surface area contributed by atoms with E-state index in [9.17, 15) is 8.78 Å². The molecule has 0 fully saturated rings. The summed E-state index contributed by atoms with van der Waals surface area (Å²) < 4.78 is 25.0. The van der Waals surface area contributed by atoms with Crippen LogP contribution in [0.3, 0.4) is 0 Å². The van der Waals surface area contributed by atoms with Crippen LogP contribution in [-0.4, -0.2) is 13.1 Å². The van der Waals surface area contributed by atoms with E-state index in [0.717, 1.165) is 11.1 Å². The fourth-order valence-electron chi connectivity index (χ4n) is 1.40. The zero-order chi connectivity index (χ0) is 12.1. The molecule has 0 aliphatic carbocycles. The molecule has 0 heterocycles. The third-order valence-corrected chi connectivity index (χ3v) is 2.67. The van der Waals surface area contributed by atoms with Gasteiger partial charge in [-0.05, 0) is 32.5 Å². The molecular weight excluding hydrogens is 208 g/mol. The van der Waals surface area contributed by atoms with Crippen LogP contribution in [0.5, 0.6) is 0 Å². The summed E-state index contributed by atoms with van der Waals surface area (Å²) in [7, 11) is 1.87.